The summed E-state index contributed by atoms with van der Waals surface area (Å²) in [6.45, 7) is 1.76. The highest BCUT2D eigenvalue weighted by Gasteiger charge is 2.16. The SMILES string of the molecule is Cc1cc(F)c(F)cc1C(=O)Nc1cc(C(=O)NCc2cccnc2)[nH]n1.Cl.Cl. The molecule has 2 amide bonds. The molecule has 0 spiro atoms. The maximum atomic E-state index is 13.4. The number of amides is 2. The normalized spacial score (nSPS) is 9.76. The number of H-pyrrole nitrogens is 1. The van der Waals surface area contributed by atoms with Crippen LogP contribution in [0.4, 0.5) is 14.6 Å². The van der Waals surface area contributed by atoms with Crippen molar-refractivity contribution in [2.45, 2.75) is 13.5 Å². The zero-order valence-electron chi connectivity index (χ0n) is 15.0. The molecule has 0 saturated heterocycles. The second-order valence-electron chi connectivity index (χ2n) is 5.75. The average molecular weight is 444 g/mol. The monoisotopic (exact) mass is 443 g/mol. The van der Waals surface area contributed by atoms with Crippen LogP contribution in [0.2, 0.25) is 0 Å². The standard InChI is InChI=1S/C18H15F2N5O2.2ClH/c1-10-5-13(19)14(20)6-12(10)17(26)23-16-7-15(24-25-16)18(27)22-9-11-3-2-4-21-8-11;;/h2-8H,9H2,1H3,(H,22,27)(H2,23,24,25,26);2*1H. The van der Waals surface area contributed by atoms with Gasteiger partial charge < -0.3 is 10.6 Å². The highest BCUT2D eigenvalue weighted by atomic mass is 35.5. The molecule has 154 valence electrons. The Balaban J connectivity index is 0.00000210. The molecule has 0 unspecified atom stereocenters. The number of carbonyl (C=O) groups excluding carboxylic acids is 2. The number of benzene rings is 1. The van der Waals surface area contributed by atoms with Crippen molar-refractivity contribution in [3.05, 3.63) is 76.7 Å². The molecular weight excluding hydrogens is 427 g/mol. The minimum Gasteiger partial charge on any atom is -0.347 e. The minimum absolute atomic E-state index is 0. The molecule has 0 aliphatic carbocycles. The van der Waals surface area contributed by atoms with Crippen LogP contribution < -0.4 is 10.6 Å². The molecule has 0 bridgehead atoms. The summed E-state index contributed by atoms with van der Waals surface area (Å²) < 4.78 is 26.5. The molecule has 1 aromatic carbocycles. The van der Waals surface area contributed by atoms with Gasteiger partial charge in [-0.05, 0) is 36.2 Å². The molecule has 2 aromatic heterocycles. The van der Waals surface area contributed by atoms with Gasteiger partial charge in [0.15, 0.2) is 17.5 Å². The number of carbonyl (C=O) groups is 2. The van der Waals surface area contributed by atoms with Gasteiger partial charge in [0.1, 0.15) is 5.69 Å². The van der Waals surface area contributed by atoms with Gasteiger partial charge in [0.25, 0.3) is 11.8 Å². The lowest BCUT2D eigenvalue weighted by molar-refractivity contribution is 0.0945. The van der Waals surface area contributed by atoms with Crippen molar-refractivity contribution in [3.8, 4) is 0 Å². The molecule has 11 heteroatoms. The molecule has 2 heterocycles. The minimum atomic E-state index is -1.12. The Kier molecular flexibility index (Phi) is 8.68. The van der Waals surface area contributed by atoms with Crippen LogP contribution in [0.15, 0.2) is 42.7 Å². The Hall–Kier alpha value is -3.04. The Morgan fingerprint density at radius 3 is 2.52 bits per heavy atom. The molecule has 0 aliphatic heterocycles. The quantitative estimate of drug-likeness (QED) is 0.562. The van der Waals surface area contributed by atoms with Crippen LogP contribution >= 0.6 is 24.8 Å². The molecule has 3 N–H and O–H groups in total. The van der Waals surface area contributed by atoms with Crippen molar-refractivity contribution in [1.82, 2.24) is 20.5 Å². The third-order valence-corrected chi connectivity index (χ3v) is 3.75. The van der Waals surface area contributed by atoms with Crippen molar-refractivity contribution < 1.29 is 18.4 Å². The number of anilines is 1. The summed E-state index contributed by atoms with van der Waals surface area (Å²) in [7, 11) is 0. The molecule has 3 rings (SSSR count). The van der Waals surface area contributed by atoms with Gasteiger partial charge in [-0.15, -0.1) is 24.8 Å². The number of nitrogens with zero attached hydrogens (tertiary/aromatic N) is 2. The van der Waals surface area contributed by atoms with Gasteiger partial charge in [-0.1, -0.05) is 6.07 Å². The van der Waals surface area contributed by atoms with Gasteiger partial charge in [0, 0.05) is 30.6 Å². The van der Waals surface area contributed by atoms with Crippen LogP contribution in [0.1, 0.15) is 32.0 Å². The van der Waals surface area contributed by atoms with Crippen molar-refractivity contribution in [2.75, 3.05) is 5.32 Å². The highest BCUT2D eigenvalue weighted by Crippen LogP contribution is 2.16. The van der Waals surface area contributed by atoms with E-state index < -0.39 is 23.4 Å². The first-order chi connectivity index (χ1) is 12.9. The smallest absolute Gasteiger partial charge is 0.269 e. The molecule has 0 atom stereocenters. The van der Waals surface area contributed by atoms with Crippen LogP contribution in [0, 0.1) is 18.6 Å². The molecule has 29 heavy (non-hydrogen) atoms. The fourth-order valence-corrected chi connectivity index (χ4v) is 2.36. The van der Waals surface area contributed by atoms with Crippen LogP contribution in [0.3, 0.4) is 0 Å². The predicted molar refractivity (Wildman–Crippen MR) is 108 cm³/mol. The summed E-state index contributed by atoms with van der Waals surface area (Å²) >= 11 is 0. The zero-order chi connectivity index (χ0) is 19.4. The third-order valence-electron chi connectivity index (χ3n) is 3.75. The van der Waals surface area contributed by atoms with Crippen molar-refractivity contribution in [3.63, 3.8) is 0 Å². The number of halogens is 4. The van der Waals surface area contributed by atoms with Crippen LogP contribution in [-0.4, -0.2) is 27.0 Å². The van der Waals surface area contributed by atoms with Crippen molar-refractivity contribution in [1.29, 1.82) is 0 Å². The largest absolute Gasteiger partial charge is 0.347 e. The van der Waals surface area contributed by atoms with E-state index >= 15 is 0 Å². The van der Waals surface area contributed by atoms with E-state index in [1.165, 1.54) is 13.0 Å². The van der Waals surface area contributed by atoms with Gasteiger partial charge in [-0.2, -0.15) is 5.10 Å². The second kappa shape index (κ2) is 10.5. The summed E-state index contributed by atoms with van der Waals surface area (Å²) in [4.78, 5) is 28.3. The van der Waals surface area contributed by atoms with Crippen molar-refractivity contribution in [2.24, 2.45) is 0 Å². The van der Waals surface area contributed by atoms with E-state index in [-0.39, 0.29) is 54.0 Å². The summed E-state index contributed by atoms with van der Waals surface area (Å²) in [5.41, 5.74) is 1.21. The van der Waals surface area contributed by atoms with Gasteiger partial charge in [0.2, 0.25) is 0 Å². The molecule has 0 saturated carbocycles. The number of aryl methyl sites for hydroxylation is 1. The number of hydrogen-bond donors (Lipinski definition) is 3. The van der Waals surface area contributed by atoms with E-state index in [0.29, 0.717) is 0 Å². The lowest BCUT2D eigenvalue weighted by Crippen LogP contribution is -2.23. The van der Waals surface area contributed by atoms with Gasteiger partial charge in [0.05, 0.1) is 0 Å². The van der Waals surface area contributed by atoms with Crippen LogP contribution in [0.25, 0.3) is 0 Å². The molecule has 0 fully saturated rings. The maximum Gasteiger partial charge on any atom is 0.269 e. The number of aromatic nitrogens is 3. The lowest BCUT2D eigenvalue weighted by Gasteiger charge is -2.06. The first kappa shape index (κ1) is 24.0. The van der Waals surface area contributed by atoms with Gasteiger partial charge in [-0.25, -0.2) is 8.78 Å². The van der Waals surface area contributed by atoms with Crippen LogP contribution in [-0.2, 0) is 6.54 Å². The average Bonchev–Trinajstić information content (AvgIpc) is 3.12. The maximum absolute atomic E-state index is 13.4. The highest BCUT2D eigenvalue weighted by molar-refractivity contribution is 6.05. The first-order valence-corrected chi connectivity index (χ1v) is 7.93. The number of rotatable bonds is 5. The van der Waals surface area contributed by atoms with E-state index in [0.717, 1.165) is 17.7 Å². The van der Waals surface area contributed by atoms with E-state index in [1.54, 1.807) is 18.5 Å². The van der Waals surface area contributed by atoms with E-state index in [2.05, 4.69) is 25.8 Å². The summed E-state index contributed by atoms with van der Waals surface area (Å²) in [5, 5.41) is 11.5. The molecular formula is C18H17Cl2F2N5O2. The Labute approximate surface area is 177 Å². The summed E-state index contributed by atoms with van der Waals surface area (Å²) in [6.07, 6.45) is 3.26. The van der Waals surface area contributed by atoms with Crippen LogP contribution in [0.5, 0.6) is 0 Å². The Bertz CT molecular complexity index is 999. The van der Waals surface area contributed by atoms with E-state index in [1.807, 2.05) is 6.07 Å². The number of pyridine rings is 1. The molecule has 7 nitrogen and oxygen atoms in total. The zero-order valence-corrected chi connectivity index (χ0v) is 16.7. The second-order valence-corrected chi connectivity index (χ2v) is 5.75. The first-order valence-electron chi connectivity index (χ1n) is 7.93. The summed E-state index contributed by atoms with van der Waals surface area (Å²) in [5.74, 6) is -3.16. The van der Waals surface area contributed by atoms with E-state index in [4.69, 9.17) is 0 Å². The number of nitrogens with one attached hydrogen (secondary N) is 3. The Morgan fingerprint density at radius 1 is 1.10 bits per heavy atom. The molecule has 0 radical (unpaired) electrons. The Morgan fingerprint density at radius 2 is 1.83 bits per heavy atom. The van der Waals surface area contributed by atoms with Gasteiger partial charge >= 0.3 is 0 Å². The predicted octanol–water partition coefficient (Wildman–Crippen LogP) is 3.42. The fraction of sp³-hybridized carbons (Fsp3) is 0.111. The summed E-state index contributed by atoms with van der Waals surface area (Å²) in [6, 6.07) is 6.66. The topological polar surface area (TPSA) is 99.8 Å². The molecule has 3 aromatic rings. The number of hydrogen-bond acceptors (Lipinski definition) is 4. The lowest BCUT2D eigenvalue weighted by atomic mass is 10.1. The fourth-order valence-electron chi connectivity index (χ4n) is 2.36. The number of aromatic amines is 1. The van der Waals surface area contributed by atoms with Gasteiger partial charge in [-0.3, -0.25) is 19.7 Å². The third kappa shape index (κ3) is 5.97. The van der Waals surface area contributed by atoms with Crippen molar-refractivity contribution >= 4 is 42.4 Å². The van der Waals surface area contributed by atoms with E-state index in [9.17, 15) is 18.4 Å². The molecule has 0 aliphatic rings.